The monoisotopic (exact) mass is 352 g/mol. The second kappa shape index (κ2) is 8.22. The van der Waals surface area contributed by atoms with E-state index in [4.69, 9.17) is 16.3 Å². The van der Waals surface area contributed by atoms with Crippen LogP contribution in [0.15, 0.2) is 78.9 Å². The summed E-state index contributed by atoms with van der Waals surface area (Å²) in [5.74, 6) is 0.461. The standard InChI is InChI=1S/C20H17ClN2O2/c21-15-6-8-16(9-7-15)22-17-10-12-18(13-11-17)23-20(24)14-25-19-4-2-1-3-5-19/h1-13,22H,14H2,(H,23,24). The van der Waals surface area contributed by atoms with E-state index >= 15 is 0 Å². The van der Waals surface area contributed by atoms with Crippen molar-refractivity contribution in [3.8, 4) is 5.75 Å². The molecule has 3 rings (SSSR count). The molecular formula is C20H17ClN2O2. The minimum Gasteiger partial charge on any atom is -0.484 e. The van der Waals surface area contributed by atoms with Gasteiger partial charge in [-0.1, -0.05) is 29.8 Å². The van der Waals surface area contributed by atoms with Crippen molar-refractivity contribution in [2.45, 2.75) is 0 Å². The first-order valence-corrected chi connectivity index (χ1v) is 8.17. The molecular weight excluding hydrogens is 336 g/mol. The Labute approximate surface area is 151 Å². The molecule has 0 aliphatic rings. The molecule has 4 nitrogen and oxygen atoms in total. The second-order valence-corrected chi connectivity index (χ2v) is 5.80. The van der Waals surface area contributed by atoms with E-state index < -0.39 is 0 Å². The SMILES string of the molecule is O=C(COc1ccccc1)Nc1ccc(Nc2ccc(Cl)cc2)cc1. The number of hydrogen-bond acceptors (Lipinski definition) is 3. The van der Waals surface area contributed by atoms with Gasteiger partial charge in [0.05, 0.1) is 0 Å². The van der Waals surface area contributed by atoms with Crippen molar-refractivity contribution in [2.24, 2.45) is 0 Å². The molecule has 2 N–H and O–H groups in total. The van der Waals surface area contributed by atoms with Crippen LogP contribution in [0.3, 0.4) is 0 Å². The van der Waals surface area contributed by atoms with Gasteiger partial charge in [-0.05, 0) is 60.7 Å². The maximum absolute atomic E-state index is 11.9. The van der Waals surface area contributed by atoms with E-state index in [0.29, 0.717) is 16.5 Å². The zero-order valence-electron chi connectivity index (χ0n) is 13.4. The lowest BCUT2D eigenvalue weighted by atomic mass is 10.2. The molecule has 0 atom stereocenters. The third-order valence-corrected chi connectivity index (χ3v) is 3.67. The van der Waals surface area contributed by atoms with Crippen molar-refractivity contribution < 1.29 is 9.53 Å². The fourth-order valence-electron chi connectivity index (χ4n) is 2.20. The van der Waals surface area contributed by atoms with Crippen LogP contribution in [0.2, 0.25) is 5.02 Å². The molecule has 0 heterocycles. The second-order valence-electron chi connectivity index (χ2n) is 5.36. The molecule has 0 bridgehead atoms. The van der Waals surface area contributed by atoms with Crippen LogP contribution in [0.4, 0.5) is 17.1 Å². The predicted molar refractivity (Wildman–Crippen MR) is 102 cm³/mol. The average molecular weight is 353 g/mol. The van der Waals surface area contributed by atoms with Gasteiger partial charge in [0.2, 0.25) is 0 Å². The number of para-hydroxylation sites is 1. The van der Waals surface area contributed by atoms with Crippen molar-refractivity contribution in [1.29, 1.82) is 0 Å². The number of benzene rings is 3. The van der Waals surface area contributed by atoms with Crippen LogP contribution in [-0.2, 0) is 4.79 Å². The highest BCUT2D eigenvalue weighted by Crippen LogP contribution is 2.20. The molecule has 0 fully saturated rings. The van der Waals surface area contributed by atoms with Crippen molar-refractivity contribution in [3.63, 3.8) is 0 Å². The van der Waals surface area contributed by atoms with Gasteiger partial charge in [-0.2, -0.15) is 0 Å². The van der Waals surface area contributed by atoms with E-state index in [1.165, 1.54) is 0 Å². The third kappa shape index (κ3) is 5.26. The van der Waals surface area contributed by atoms with E-state index in [1.807, 2.05) is 78.9 Å². The number of hydrogen-bond donors (Lipinski definition) is 2. The normalized spacial score (nSPS) is 10.1. The molecule has 0 spiro atoms. The molecule has 1 amide bonds. The summed E-state index contributed by atoms with van der Waals surface area (Å²) in [5.41, 5.74) is 2.57. The molecule has 3 aromatic carbocycles. The fraction of sp³-hybridized carbons (Fsp3) is 0.0500. The summed E-state index contributed by atoms with van der Waals surface area (Å²) in [6.07, 6.45) is 0. The Hall–Kier alpha value is -2.98. The molecule has 0 radical (unpaired) electrons. The lowest BCUT2D eigenvalue weighted by molar-refractivity contribution is -0.118. The lowest BCUT2D eigenvalue weighted by Gasteiger charge is -2.09. The summed E-state index contributed by atoms with van der Waals surface area (Å²) in [4.78, 5) is 11.9. The first-order chi connectivity index (χ1) is 12.2. The van der Waals surface area contributed by atoms with Crippen LogP contribution >= 0.6 is 11.6 Å². The van der Waals surface area contributed by atoms with Gasteiger partial charge in [0, 0.05) is 22.1 Å². The van der Waals surface area contributed by atoms with Gasteiger partial charge in [-0.25, -0.2) is 0 Å². The summed E-state index contributed by atoms with van der Waals surface area (Å²) < 4.78 is 5.42. The quantitative estimate of drug-likeness (QED) is 0.648. The molecule has 0 saturated carbocycles. The van der Waals surface area contributed by atoms with Crippen LogP contribution in [0, 0.1) is 0 Å². The molecule has 0 aliphatic heterocycles. The summed E-state index contributed by atoms with van der Waals surface area (Å²) in [6, 6.07) is 24.1. The van der Waals surface area contributed by atoms with E-state index in [9.17, 15) is 4.79 Å². The maximum Gasteiger partial charge on any atom is 0.262 e. The highest BCUT2D eigenvalue weighted by atomic mass is 35.5. The number of nitrogens with one attached hydrogen (secondary N) is 2. The summed E-state index contributed by atoms with van der Waals surface area (Å²) in [5, 5.41) is 6.76. The van der Waals surface area contributed by atoms with Crippen LogP contribution in [0.25, 0.3) is 0 Å². The van der Waals surface area contributed by atoms with Gasteiger partial charge in [0.15, 0.2) is 6.61 Å². The molecule has 5 heteroatoms. The van der Waals surface area contributed by atoms with Gasteiger partial charge in [0.25, 0.3) is 5.91 Å². The average Bonchev–Trinajstić information content (AvgIpc) is 2.64. The highest BCUT2D eigenvalue weighted by Gasteiger charge is 2.04. The van der Waals surface area contributed by atoms with Gasteiger partial charge >= 0.3 is 0 Å². The molecule has 0 aliphatic carbocycles. The van der Waals surface area contributed by atoms with E-state index in [1.54, 1.807) is 0 Å². The number of amides is 1. The molecule has 0 aromatic heterocycles. The molecule has 126 valence electrons. The van der Waals surface area contributed by atoms with Crippen LogP contribution in [0.1, 0.15) is 0 Å². The molecule has 0 unspecified atom stereocenters. The van der Waals surface area contributed by atoms with Gasteiger partial charge in [0.1, 0.15) is 5.75 Å². The van der Waals surface area contributed by atoms with Crippen LogP contribution in [-0.4, -0.2) is 12.5 Å². The lowest BCUT2D eigenvalue weighted by Crippen LogP contribution is -2.20. The minimum absolute atomic E-state index is 0.0329. The number of carbonyl (C=O) groups is 1. The third-order valence-electron chi connectivity index (χ3n) is 3.41. The summed E-state index contributed by atoms with van der Waals surface area (Å²) in [7, 11) is 0. The maximum atomic E-state index is 11.9. The Kier molecular flexibility index (Phi) is 5.54. The fourth-order valence-corrected chi connectivity index (χ4v) is 2.33. The van der Waals surface area contributed by atoms with E-state index in [2.05, 4.69) is 10.6 Å². The molecule has 0 saturated heterocycles. The zero-order valence-corrected chi connectivity index (χ0v) is 14.2. The van der Waals surface area contributed by atoms with E-state index in [-0.39, 0.29) is 12.5 Å². The first kappa shape index (κ1) is 16.9. The molecule has 25 heavy (non-hydrogen) atoms. The molecule has 3 aromatic rings. The predicted octanol–water partition coefficient (Wildman–Crippen LogP) is 5.10. The van der Waals surface area contributed by atoms with Gasteiger partial charge in [-0.15, -0.1) is 0 Å². The first-order valence-electron chi connectivity index (χ1n) is 7.79. The van der Waals surface area contributed by atoms with Crippen molar-refractivity contribution in [2.75, 3.05) is 17.2 Å². The zero-order chi connectivity index (χ0) is 17.5. The van der Waals surface area contributed by atoms with Crippen molar-refractivity contribution in [3.05, 3.63) is 83.9 Å². The summed E-state index contributed by atoms with van der Waals surface area (Å²) >= 11 is 5.87. The summed E-state index contributed by atoms with van der Waals surface area (Å²) in [6.45, 7) is -0.0329. The van der Waals surface area contributed by atoms with Crippen molar-refractivity contribution >= 4 is 34.6 Å². The smallest absolute Gasteiger partial charge is 0.262 e. The largest absolute Gasteiger partial charge is 0.484 e. The Morgan fingerprint density at radius 2 is 1.36 bits per heavy atom. The number of ether oxygens (including phenoxy) is 1. The van der Waals surface area contributed by atoms with Crippen molar-refractivity contribution in [1.82, 2.24) is 0 Å². The number of anilines is 3. The Morgan fingerprint density at radius 1 is 0.800 bits per heavy atom. The number of carbonyl (C=O) groups excluding carboxylic acids is 1. The number of rotatable bonds is 6. The van der Waals surface area contributed by atoms with Gasteiger partial charge in [-0.3, -0.25) is 4.79 Å². The highest BCUT2D eigenvalue weighted by molar-refractivity contribution is 6.30. The van der Waals surface area contributed by atoms with E-state index in [0.717, 1.165) is 11.4 Å². The van der Waals surface area contributed by atoms with Crippen LogP contribution in [0.5, 0.6) is 5.75 Å². The topological polar surface area (TPSA) is 50.4 Å². The minimum atomic E-state index is -0.206. The Bertz CT molecular complexity index is 819. The van der Waals surface area contributed by atoms with Gasteiger partial charge < -0.3 is 15.4 Å². The number of halogens is 1. The van der Waals surface area contributed by atoms with Crippen LogP contribution < -0.4 is 15.4 Å². The Balaban J connectivity index is 1.51. The Morgan fingerprint density at radius 3 is 2.00 bits per heavy atom.